The maximum atomic E-state index is 13.5. The van der Waals surface area contributed by atoms with Gasteiger partial charge in [-0.2, -0.15) is 8.78 Å². The summed E-state index contributed by atoms with van der Waals surface area (Å²) in [6.07, 6.45) is 0.596. The van der Waals surface area contributed by atoms with Crippen LogP contribution in [0.5, 0.6) is 0 Å². The van der Waals surface area contributed by atoms with Crippen molar-refractivity contribution in [2.45, 2.75) is 32.1 Å². The summed E-state index contributed by atoms with van der Waals surface area (Å²) in [5.41, 5.74) is 1.92. The molecule has 0 aliphatic carbocycles. The van der Waals surface area contributed by atoms with Gasteiger partial charge in [0, 0.05) is 16.1 Å². The van der Waals surface area contributed by atoms with Crippen LogP contribution in [0, 0.1) is 5.92 Å². The average Bonchev–Trinajstić information content (AvgIpc) is 2.88. The first-order chi connectivity index (χ1) is 15.5. The van der Waals surface area contributed by atoms with Gasteiger partial charge in [0.1, 0.15) is 12.6 Å². The van der Waals surface area contributed by atoms with E-state index < -0.39 is 40.2 Å². The topological polar surface area (TPSA) is 95.9 Å². The van der Waals surface area contributed by atoms with Gasteiger partial charge in [0.25, 0.3) is 21.8 Å². The number of carbonyl (C=O) groups excluding carboxylic acids is 2. The first-order valence-corrected chi connectivity index (χ1v) is 12.0. The standard InChI is InChI=1S/C22H22ClF2N3O4S/c1-3-13(2)19-21(30)28(12-18(29)27-33(31,32)22(24)25)17-10-9-15(23)11-16(17)20(26-19)14-7-5-4-6-8-14/h4-11,13,19,22H,3,12H2,1-2H3,(H,27,29)/t13-,19-/m0/s1. The van der Waals surface area contributed by atoms with Crippen molar-refractivity contribution >= 4 is 44.8 Å². The Bertz CT molecular complexity index is 1190. The number of alkyl halides is 2. The minimum Gasteiger partial charge on any atom is -0.300 e. The summed E-state index contributed by atoms with van der Waals surface area (Å²) in [5.74, 6) is -5.83. The lowest BCUT2D eigenvalue weighted by Crippen LogP contribution is -2.47. The zero-order valence-corrected chi connectivity index (χ0v) is 19.4. The third kappa shape index (κ3) is 5.39. The molecule has 1 N–H and O–H groups in total. The molecule has 0 radical (unpaired) electrons. The van der Waals surface area contributed by atoms with Gasteiger partial charge in [0.05, 0.1) is 11.4 Å². The van der Waals surface area contributed by atoms with Crippen LogP contribution in [0.4, 0.5) is 14.5 Å². The largest absolute Gasteiger partial charge is 0.355 e. The van der Waals surface area contributed by atoms with Crippen LogP contribution in [0.15, 0.2) is 53.5 Å². The van der Waals surface area contributed by atoms with Crippen LogP contribution in [0.1, 0.15) is 31.4 Å². The fraction of sp³-hybridized carbons (Fsp3) is 0.318. The van der Waals surface area contributed by atoms with Crippen LogP contribution in [0.25, 0.3) is 0 Å². The van der Waals surface area contributed by atoms with Crippen LogP contribution in [-0.4, -0.2) is 44.3 Å². The first-order valence-electron chi connectivity index (χ1n) is 10.1. The summed E-state index contributed by atoms with van der Waals surface area (Å²) >= 11 is 6.22. The van der Waals surface area contributed by atoms with Crippen LogP contribution in [-0.2, 0) is 19.6 Å². The fourth-order valence-electron chi connectivity index (χ4n) is 3.44. The number of fused-ring (bicyclic) bond motifs is 1. The van der Waals surface area contributed by atoms with E-state index in [2.05, 4.69) is 0 Å². The highest BCUT2D eigenvalue weighted by Crippen LogP contribution is 2.32. The van der Waals surface area contributed by atoms with Gasteiger partial charge in [-0.3, -0.25) is 14.6 Å². The Kier molecular flexibility index (Phi) is 7.48. The van der Waals surface area contributed by atoms with E-state index in [1.54, 1.807) is 6.07 Å². The Morgan fingerprint density at radius 1 is 1.21 bits per heavy atom. The molecule has 0 saturated heterocycles. The molecular formula is C22H22ClF2N3O4S. The van der Waals surface area contributed by atoms with Gasteiger partial charge in [-0.1, -0.05) is 62.2 Å². The molecule has 11 heteroatoms. The third-order valence-electron chi connectivity index (χ3n) is 5.31. The first kappa shape index (κ1) is 24.8. The molecular weight excluding hydrogens is 476 g/mol. The lowest BCUT2D eigenvalue weighted by atomic mass is 9.98. The highest BCUT2D eigenvalue weighted by Gasteiger charge is 2.36. The van der Waals surface area contributed by atoms with E-state index in [-0.39, 0.29) is 11.6 Å². The molecule has 33 heavy (non-hydrogen) atoms. The number of sulfonamides is 1. The fourth-order valence-corrected chi connectivity index (χ4v) is 4.08. The second kappa shape index (κ2) is 9.96. The van der Waals surface area contributed by atoms with E-state index in [9.17, 15) is 26.8 Å². The zero-order valence-electron chi connectivity index (χ0n) is 17.8. The molecule has 0 aromatic heterocycles. The summed E-state index contributed by atoms with van der Waals surface area (Å²) in [7, 11) is -5.17. The highest BCUT2D eigenvalue weighted by molar-refractivity contribution is 7.90. The van der Waals surface area contributed by atoms with E-state index >= 15 is 0 Å². The van der Waals surface area contributed by atoms with Crippen LogP contribution < -0.4 is 9.62 Å². The number of amides is 2. The summed E-state index contributed by atoms with van der Waals surface area (Å²) in [4.78, 5) is 31.7. The number of aliphatic imine (C=N–C) groups is 1. The van der Waals surface area contributed by atoms with Crippen molar-refractivity contribution in [1.29, 1.82) is 0 Å². The predicted molar refractivity (Wildman–Crippen MR) is 122 cm³/mol. The van der Waals surface area contributed by atoms with Crippen molar-refractivity contribution in [1.82, 2.24) is 4.72 Å². The predicted octanol–water partition coefficient (Wildman–Crippen LogP) is 3.61. The minimum absolute atomic E-state index is 0.226. The molecule has 2 aromatic rings. The van der Waals surface area contributed by atoms with Crippen molar-refractivity contribution in [3.63, 3.8) is 0 Å². The molecule has 1 aliphatic rings. The van der Waals surface area contributed by atoms with Gasteiger partial charge in [0.15, 0.2) is 0 Å². The normalized spacial score (nSPS) is 17.3. The average molecular weight is 498 g/mol. The van der Waals surface area contributed by atoms with Gasteiger partial charge in [-0.25, -0.2) is 13.1 Å². The monoisotopic (exact) mass is 497 g/mol. The summed E-state index contributed by atoms with van der Waals surface area (Å²) in [6.45, 7) is 2.93. The lowest BCUT2D eigenvalue weighted by Gasteiger charge is -2.26. The Hall–Kier alpha value is -2.85. The van der Waals surface area contributed by atoms with Gasteiger partial charge < -0.3 is 4.90 Å². The second-order valence-corrected chi connectivity index (χ2v) is 9.68. The molecule has 2 aromatic carbocycles. The van der Waals surface area contributed by atoms with Crippen LogP contribution in [0.2, 0.25) is 5.02 Å². The summed E-state index contributed by atoms with van der Waals surface area (Å²) in [6, 6.07) is 12.8. The summed E-state index contributed by atoms with van der Waals surface area (Å²) < 4.78 is 49.6. The van der Waals surface area contributed by atoms with Crippen molar-refractivity contribution in [3.8, 4) is 0 Å². The Balaban J connectivity index is 2.14. The van der Waals surface area contributed by atoms with Crippen molar-refractivity contribution < 1.29 is 26.8 Å². The number of anilines is 1. The van der Waals surface area contributed by atoms with Crippen molar-refractivity contribution in [2.24, 2.45) is 10.9 Å². The Labute approximate surface area is 195 Å². The van der Waals surface area contributed by atoms with Crippen molar-refractivity contribution in [2.75, 3.05) is 11.4 Å². The number of carbonyl (C=O) groups is 2. The number of benzene rings is 2. The smallest absolute Gasteiger partial charge is 0.300 e. The number of hydrogen-bond donors (Lipinski definition) is 1. The Morgan fingerprint density at radius 2 is 1.88 bits per heavy atom. The van der Waals surface area contributed by atoms with Gasteiger partial charge >= 0.3 is 5.76 Å². The van der Waals surface area contributed by atoms with Gasteiger partial charge in [0.2, 0.25) is 0 Å². The number of hydrogen-bond acceptors (Lipinski definition) is 5. The number of nitrogens with zero attached hydrogens (tertiary/aromatic N) is 2. The van der Waals surface area contributed by atoms with Crippen LogP contribution >= 0.6 is 11.6 Å². The van der Waals surface area contributed by atoms with Crippen LogP contribution in [0.3, 0.4) is 0 Å². The van der Waals surface area contributed by atoms with E-state index in [1.165, 1.54) is 16.9 Å². The molecule has 2 atom stereocenters. The molecule has 0 saturated carbocycles. The Morgan fingerprint density at radius 3 is 2.48 bits per heavy atom. The molecule has 176 valence electrons. The van der Waals surface area contributed by atoms with E-state index in [4.69, 9.17) is 16.6 Å². The molecule has 1 heterocycles. The maximum Gasteiger partial charge on any atom is 0.355 e. The molecule has 0 spiro atoms. The van der Waals surface area contributed by atoms with Gasteiger partial charge in [-0.05, 0) is 24.1 Å². The lowest BCUT2D eigenvalue weighted by molar-refractivity contribution is -0.124. The number of benzodiazepines with no additional fused rings is 1. The number of nitrogens with one attached hydrogen (secondary N) is 1. The number of halogens is 3. The molecule has 0 fully saturated rings. The van der Waals surface area contributed by atoms with E-state index in [0.717, 1.165) is 4.90 Å². The molecule has 0 bridgehead atoms. The summed E-state index contributed by atoms with van der Waals surface area (Å²) in [5, 5.41) is 0.358. The minimum atomic E-state index is -5.17. The SMILES string of the molecule is CC[C@H](C)[C@@H]1N=C(c2ccccc2)c2cc(Cl)ccc2N(CC(=O)NS(=O)(=O)C(F)F)C1=O. The number of rotatable bonds is 7. The zero-order chi connectivity index (χ0) is 24.3. The molecule has 0 unspecified atom stereocenters. The van der Waals surface area contributed by atoms with Gasteiger partial charge in [-0.15, -0.1) is 0 Å². The third-order valence-corrected chi connectivity index (χ3v) is 6.53. The quantitative estimate of drug-likeness (QED) is 0.632. The molecule has 7 nitrogen and oxygen atoms in total. The molecule has 1 aliphatic heterocycles. The maximum absolute atomic E-state index is 13.5. The van der Waals surface area contributed by atoms with E-state index in [0.29, 0.717) is 28.3 Å². The van der Waals surface area contributed by atoms with E-state index in [1.807, 2.05) is 44.2 Å². The highest BCUT2D eigenvalue weighted by atomic mass is 35.5. The molecule has 3 rings (SSSR count). The molecule has 2 amide bonds. The second-order valence-electron chi connectivity index (χ2n) is 7.59. The van der Waals surface area contributed by atoms with Crippen molar-refractivity contribution in [3.05, 3.63) is 64.7 Å².